The van der Waals surface area contributed by atoms with Crippen LogP contribution in [0.15, 0.2) is 48.7 Å². The van der Waals surface area contributed by atoms with Crippen molar-refractivity contribution in [2.75, 3.05) is 72.9 Å². The monoisotopic (exact) mass is 586 g/mol. The molecular formula is C27H35ClN8O3S. The van der Waals surface area contributed by atoms with Crippen molar-refractivity contribution in [3.63, 3.8) is 0 Å². The summed E-state index contributed by atoms with van der Waals surface area (Å²) in [6, 6.07) is 13.6. The highest BCUT2D eigenvalue weighted by atomic mass is 35.5. The van der Waals surface area contributed by atoms with Crippen LogP contribution in [-0.4, -0.2) is 82.0 Å². The van der Waals surface area contributed by atoms with Crippen molar-refractivity contribution in [3.8, 4) is 5.75 Å². The van der Waals surface area contributed by atoms with Crippen molar-refractivity contribution in [2.45, 2.75) is 18.9 Å². The Kier molecular flexibility index (Phi) is 8.79. The van der Waals surface area contributed by atoms with Crippen molar-refractivity contribution in [2.24, 2.45) is 0 Å². The van der Waals surface area contributed by atoms with Gasteiger partial charge in [0, 0.05) is 57.1 Å². The van der Waals surface area contributed by atoms with Gasteiger partial charge in [0.1, 0.15) is 10.8 Å². The lowest BCUT2D eigenvalue weighted by Crippen LogP contribution is -2.52. The highest BCUT2D eigenvalue weighted by molar-refractivity contribution is 7.92. The van der Waals surface area contributed by atoms with Gasteiger partial charge in [-0.05, 0) is 37.1 Å². The molecule has 2 fully saturated rings. The minimum Gasteiger partial charge on any atom is -0.494 e. The van der Waals surface area contributed by atoms with Gasteiger partial charge in [0.15, 0.2) is 5.82 Å². The summed E-state index contributed by atoms with van der Waals surface area (Å²) in [5.41, 5.74) is 2.72. The van der Waals surface area contributed by atoms with E-state index < -0.39 is 10.0 Å². The number of piperazine rings is 1. The first kappa shape index (κ1) is 28.2. The summed E-state index contributed by atoms with van der Waals surface area (Å²) in [5, 5.41) is 10.0. The molecule has 13 heteroatoms. The number of aromatic nitrogens is 2. The number of rotatable bonds is 9. The number of hydrogen-bond acceptors (Lipinski definition) is 10. The predicted octanol–water partition coefficient (Wildman–Crippen LogP) is 3.87. The summed E-state index contributed by atoms with van der Waals surface area (Å²) in [6.07, 6.45) is 4.88. The summed E-state index contributed by atoms with van der Waals surface area (Å²) >= 11 is 6.37. The lowest BCUT2D eigenvalue weighted by molar-refractivity contribution is 0.150. The maximum atomic E-state index is 11.8. The molecule has 11 nitrogen and oxygen atoms in total. The minimum atomic E-state index is -3.47. The van der Waals surface area contributed by atoms with Crippen LogP contribution in [0.2, 0.25) is 5.02 Å². The molecule has 2 aromatic carbocycles. The van der Waals surface area contributed by atoms with Crippen LogP contribution in [0, 0.1) is 0 Å². The van der Waals surface area contributed by atoms with Crippen molar-refractivity contribution in [3.05, 3.63) is 53.7 Å². The van der Waals surface area contributed by atoms with Gasteiger partial charge >= 0.3 is 0 Å². The second-order valence-electron chi connectivity index (χ2n) is 9.95. The first-order valence-electron chi connectivity index (χ1n) is 13.3. The third-order valence-corrected chi connectivity index (χ3v) is 8.02. The van der Waals surface area contributed by atoms with E-state index in [2.05, 4.69) is 46.5 Å². The second-order valence-corrected chi connectivity index (χ2v) is 12.1. The van der Waals surface area contributed by atoms with Gasteiger partial charge in [0.05, 0.1) is 36.6 Å². The maximum absolute atomic E-state index is 11.8. The number of benzene rings is 2. The standard InChI is InChI=1S/C27H35ClN8O3S/c1-39-25-17-20(35-13-9-19(10-14-35)36-15-11-29-12-16-36)7-8-24(25)32-27-30-18-21(28)26(33-27)31-22-5-3-4-6-23(22)34-40(2,37)38/h3-8,17-19,29,34H,9-16H2,1-2H3,(H2,30,31,32,33). The molecule has 3 aromatic rings. The maximum Gasteiger partial charge on any atom is 0.229 e. The Labute approximate surface area is 240 Å². The lowest BCUT2D eigenvalue weighted by atomic mass is 10.0. The molecule has 2 saturated heterocycles. The zero-order valence-electron chi connectivity index (χ0n) is 22.7. The first-order chi connectivity index (χ1) is 19.3. The van der Waals surface area contributed by atoms with Gasteiger partial charge in [-0.3, -0.25) is 9.62 Å². The lowest BCUT2D eigenvalue weighted by Gasteiger charge is -2.41. The Morgan fingerprint density at radius 1 is 1.00 bits per heavy atom. The molecule has 0 atom stereocenters. The molecular weight excluding hydrogens is 552 g/mol. The van der Waals surface area contributed by atoms with Crippen LogP contribution in [0.25, 0.3) is 0 Å². The third-order valence-electron chi connectivity index (χ3n) is 7.15. The summed E-state index contributed by atoms with van der Waals surface area (Å²) < 4.78 is 31.8. The van der Waals surface area contributed by atoms with Gasteiger partial charge < -0.3 is 25.6 Å². The van der Waals surface area contributed by atoms with Crippen LogP contribution in [0.5, 0.6) is 5.75 Å². The summed E-state index contributed by atoms with van der Waals surface area (Å²) in [7, 11) is -1.83. The molecule has 40 heavy (non-hydrogen) atoms. The Balaban J connectivity index is 1.28. The average Bonchev–Trinajstić information content (AvgIpc) is 2.96. The molecule has 2 aliphatic rings. The fraction of sp³-hybridized carbons (Fsp3) is 0.407. The Morgan fingerprint density at radius 3 is 2.42 bits per heavy atom. The molecule has 4 N–H and O–H groups in total. The number of anilines is 6. The van der Waals surface area contributed by atoms with E-state index in [0.29, 0.717) is 34.9 Å². The zero-order chi connectivity index (χ0) is 28.1. The van der Waals surface area contributed by atoms with Crippen molar-refractivity contribution < 1.29 is 13.2 Å². The zero-order valence-corrected chi connectivity index (χ0v) is 24.2. The van der Waals surface area contributed by atoms with E-state index in [9.17, 15) is 8.42 Å². The molecule has 0 unspecified atom stereocenters. The molecule has 214 valence electrons. The average molecular weight is 587 g/mol. The number of sulfonamides is 1. The predicted molar refractivity (Wildman–Crippen MR) is 161 cm³/mol. The van der Waals surface area contributed by atoms with E-state index in [4.69, 9.17) is 16.3 Å². The summed E-state index contributed by atoms with van der Waals surface area (Å²) in [4.78, 5) is 13.9. The minimum absolute atomic E-state index is 0.284. The molecule has 2 aliphatic heterocycles. The van der Waals surface area contributed by atoms with Crippen LogP contribution in [0.3, 0.4) is 0 Å². The first-order valence-corrected chi connectivity index (χ1v) is 15.6. The van der Waals surface area contributed by atoms with Gasteiger partial charge in [-0.25, -0.2) is 13.4 Å². The topological polar surface area (TPSA) is 124 Å². The highest BCUT2D eigenvalue weighted by Crippen LogP contribution is 2.34. The fourth-order valence-corrected chi connectivity index (χ4v) is 5.88. The van der Waals surface area contributed by atoms with Gasteiger partial charge in [-0.2, -0.15) is 4.98 Å². The van der Waals surface area contributed by atoms with Crippen LogP contribution in [0.1, 0.15) is 12.8 Å². The van der Waals surface area contributed by atoms with Crippen LogP contribution >= 0.6 is 11.6 Å². The number of nitrogens with zero attached hydrogens (tertiary/aromatic N) is 4. The smallest absolute Gasteiger partial charge is 0.229 e. The summed E-state index contributed by atoms with van der Waals surface area (Å²) in [5.74, 6) is 1.31. The molecule has 0 radical (unpaired) electrons. The highest BCUT2D eigenvalue weighted by Gasteiger charge is 2.26. The van der Waals surface area contributed by atoms with E-state index in [-0.39, 0.29) is 5.02 Å². The van der Waals surface area contributed by atoms with Crippen molar-refractivity contribution in [1.82, 2.24) is 20.2 Å². The van der Waals surface area contributed by atoms with Gasteiger partial charge in [0.25, 0.3) is 0 Å². The Morgan fingerprint density at radius 2 is 1.73 bits per heavy atom. The normalized spacial score (nSPS) is 16.9. The van der Waals surface area contributed by atoms with E-state index in [1.807, 2.05) is 12.1 Å². The number of hydrogen-bond donors (Lipinski definition) is 4. The molecule has 0 aliphatic carbocycles. The third kappa shape index (κ3) is 7.05. The SMILES string of the molecule is COc1cc(N2CCC(N3CCNCC3)CC2)ccc1Nc1ncc(Cl)c(Nc2ccccc2NS(C)(=O)=O)n1. The van der Waals surface area contributed by atoms with Crippen molar-refractivity contribution >= 4 is 56.1 Å². The molecule has 0 bridgehead atoms. The molecule has 0 saturated carbocycles. The molecule has 1 aromatic heterocycles. The van der Waals surface area contributed by atoms with E-state index >= 15 is 0 Å². The number of piperidine rings is 1. The number of para-hydroxylation sites is 2. The van der Waals surface area contributed by atoms with Crippen molar-refractivity contribution in [1.29, 1.82) is 0 Å². The largest absolute Gasteiger partial charge is 0.494 e. The van der Waals surface area contributed by atoms with E-state index in [0.717, 1.165) is 69.7 Å². The van der Waals surface area contributed by atoms with Crippen LogP contribution < -0.4 is 30.3 Å². The quantitative estimate of drug-likeness (QED) is 0.294. The number of nitrogens with one attached hydrogen (secondary N) is 4. The molecule has 3 heterocycles. The van der Waals surface area contributed by atoms with Gasteiger partial charge in [0.2, 0.25) is 16.0 Å². The molecule has 5 rings (SSSR count). The molecule has 0 amide bonds. The summed E-state index contributed by atoms with van der Waals surface area (Å²) in [6.45, 7) is 6.44. The van der Waals surface area contributed by atoms with Gasteiger partial charge in [-0.15, -0.1) is 0 Å². The van der Waals surface area contributed by atoms with Crippen LogP contribution in [0.4, 0.5) is 34.5 Å². The molecule has 0 spiro atoms. The van der Waals surface area contributed by atoms with E-state index in [1.165, 1.54) is 6.20 Å². The van der Waals surface area contributed by atoms with Crippen LogP contribution in [-0.2, 0) is 10.0 Å². The Bertz CT molecular complexity index is 1430. The number of halogens is 1. The van der Waals surface area contributed by atoms with E-state index in [1.54, 1.807) is 31.4 Å². The fourth-order valence-electron chi connectivity index (χ4n) is 5.16. The number of ether oxygens (including phenoxy) is 1. The Hall–Kier alpha value is -3.32. The second kappa shape index (κ2) is 12.5. The van der Waals surface area contributed by atoms with Gasteiger partial charge in [-0.1, -0.05) is 23.7 Å². The number of methoxy groups -OCH3 is 1.